The predicted molar refractivity (Wildman–Crippen MR) is 249 cm³/mol. The number of nitrogens with two attached hydrogens (primary N) is 5. The van der Waals surface area contributed by atoms with Crippen LogP contribution < -0.4 is 65.9 Å². The highest BCUT2D eigenvalue weighted by Gasteiger charge is 2.34. The number of phenols is 1. The number of aliphatic hydroxyl groups is 1. The van der Waals surface area contributed by atoms with Gasteiger partial charge in [0.1, 0.15) is 48.0 Å². The summed E-state index contributed by atoms with van der Waals surface area (Å²) >= 11 is 0. The van der Waals surface area contributed by atoms with Crippen LogP contribution in [-0.4, -0.2) is 142 Å². The molecule has 0 heterocycles. The Bertz CT molecular complexity index is 1960. The predicted octanol–water partition coefficient (Wildman–Crippen LogP) is -4.57. The molecule has 0 aromatic heterocycles. The number of carboxylic acid groups (broad SMARTS) is 1. The quantitative estimate of drug-likeness (QED) is 0.0184. The topological polar surface area (TPSA) is 458 Å². The van der Waals surface area contributed by atoms with Crippen LogP contribution in [0.15, 0.2) is 29.3 Å². The van der Waals surface area contributed by atoms with Gasteiger partial charge in [0.15, 0.2) is 5.96 Å². The number of nitrogens with zero attached hydrogens (tertiary/aromatic N) is 1. The highest BCUT2D eigenvalue weighted by Crippen LogP contribution is 2.14. The van der Waals surface area contributed by atoms with Crippen molar-refractivity contribution in [3.05, 3.63) is 29.8 Å². The maximum atomic E-state index is 14.2. The number of aromatic hydroxyl groups is 1. The van der Waals surface area contributed by atoms with Gasteiger partial charge in [-0.15, -0.1) is 0 Å². The Morgan fingerprint density at radius 3 is 1.46 bits per heavy atom. The number of primary amides is 2. The van der Waals surface area contributed by atoms with Crippen molar-refractivity contribution in [3.8, 4) is 5.75 Å². The van der Waals surface area contributed by atoms with Gasteiger partial charge in [-0.2, -0.15) is 0 Å². The molecule has 20 N–H and O–H groups in total. The van der Waals surface area contributed by atoms with E-state index in [0.717, 1.165) is 0 Å². The van der Waals surface area contributed by atoms with Gasteiger partial charge in [0, 0.05) is 25.8 Å². The van der Waals surface area contributed by atoms with Gasteiger partial charge in [-0.05, 0) is 75.0 Å². The molecule has 8 atom stereocenters. The first-order valence-electron chi connectivity index (χ1n) is 22.4. The van der Waals surface area contributed by atoms with Gasteiger partial charge in [0.25, 0.3) is 0 Å². The summed E-state index contributed by atoms with van der Waals surface area (Å²) in [6.07, 6.45) is -1.60. The molecule has 0 unspecified atom stereocenters. The fraction of sp³-hybridized carbons (Fsp3) is 0.605. The summed E-state index contributed by atoms with van der Waals surface area (Å²) in [5.41, 5.74) is 27.6. The highest BCUT2D eigenvalue weighted by atomic mass is 16.4. The van der Waals surface area contributed by atoms with Crippen molar-refractivity contribution in [2.24, 2.45) is 45.5 Å². The zero-order valence-corrected chi connectivity index (χ0v) is 39.6. The Balaban J connectivity index is 3.44. The van der Waals surface area contributed by atoms with E-state index in [1.165, 1.54) is 31.2 Å². The van der Waals surface area contributed by atoms with E-state index >= 15 is 0 Å². The molecule has 9 amide bonds. The molecule has 1 rings (SSSR count). The zero-order valence-electron chi connectivity index (χ0n) is 39.6. The summed E-state index contributed by atoms with van der Waals surface area (Å²) in [5.74, 6) is -10.2. The van der Waals surface area contributed by atoms with Crippen LogP contribution in [0.3, 0.4) is 0 Å². The number of benzene rings is 1. The van der Waals surface area contributed by atoms with Crippen molar-refractivity contribution in [1.29, 1.82) is 0 Å². The summed E-state index contributed by atoms with van der Waals surface area (Å²) in [6, 6.07) is -5.83. The zero-order chi connectivity index (χ0) is 52.5. The van der Waals surface area contributed by atoms with E-state index in [2.05, 4.69) is 42.2 Å². The number of amides is 9. The number of rotatable bonds is 32. The lowest BCUT2D eigenvalue weighted by atomic mass is 9.99. The van der Waals surface area contributed by atoms with Gasteiger partial charge >= 0.3 is 5.97 Å². The van der Waals surface area contributed by atoms with Gasteiger partial charge in [-0.3, -0.25) is 48.1 Å². The number of carbonyl (C=O) groups excluding carboxylic acids is 9. The Kier molecular flexibility index (Phi) is 26.3. The van der Waals surface area contributed by atoms with Gasteiger partial charge < -0.3 is 81.2 Å². The molecule has 0 bridgehead atoms. The van der Waals surface area contributed by atoms with E-state index < -0.39 is 127 Å². The fourth-order valence-corrected chi connectivity index (χ4v) is 6.50. The molecule has 26 nitrogen and oxygen atoms in total. The first-order valence-corrected chi connectivity index (χ1v) is 22.4. The first-order chi connectivity index (χ1) is 32.2. The molecule has 0 fully saturated rings. The molecule has 1 aromatic rings. The molecular formula is C43H71N13O13. The van der Waals surface area contributed by atoms with Crippen LogP contribution in [0.5, 0.6) is 5.75 Å². The average Bonchev–Trinajstić information content (AvgIpc) is 3.25. The molecule has 69 heavy (non-hydrogen) atoms. The molecule has 26 heteroatoms. The number of aliphatic imine (C=N–C) groups is 1. The monoisotopic (exact) mass is 978 g/mol. The minimum absolute atomic E-state index is 0.0487. The lowest BCUT2D eigenvalue weighted by molar-refractivity contribution is -0.142. The maximum absolute atomic E-state index is 14.2. The Morgan fingerprint density at radius 1 is 0.551 bits per heavy atom. The van der Waals surface area contributed by atoms with Gasteiger partial charge in [-0.1, -0.05) is 39.8 Å². The number of aliphatic hydroxyl groups excluding tert-OH is 1. The second-order valence-corrected chi connectivity index (χ2v) is 17.3. The number of nitrogens with one attached hydrogen (secondary N) is 7. The minimum Gasteiger partial charge on any atom is -0.508 e. The number of carbonyl (C=O) groups is 10. The Labute approximate surface area is 399 Å². The van der Waals surface area contributed by atoms with Crippen molar-refractivity contribution in [3.63, 3.8) is 0 Å². The number of aliphatic carboxylic acids is 1. The number of guanidine groups is 1. The molecule has 0 saturated carbocycles. The second-order valence-electron chi connectivity index (χ2n) is 17.3. The van der Waals surface area contributed by atoms with Gasteiger partial charge in [0.05, 0.1) is 12.6 Å². The third-order valence-corrected chi connectivity index (χ3v) is 10.2. The largest absolute Gasteiger partial charge is 0.508 e. The van der Waals surface area contributed by atoms with Gasteiger partial charge in [0.2, 0.25) is 53.2 Å². The minimum atomic E-state index is -1.56. The number of hydrogen-bond acceptors (Lipinski definition) is 14. The second kappa shape index (κ2) is 30.3. The van der Waals surface area contributed by atoms with Crippen molar-refractivity contribution < 1.29 is 63.3 Å². The summed E-state index contributed by atoms with van der Waals surface area (Å²) < 4.78 is 0. The molecule has 0 radical (unpaired) electrons. The van der Waals surface area contributed by atoms with Crippen LogP contribution >= 0.6 is 0 Å². The first kappa shape index (κ1) is 59.9. The molecular weight excluding hydrogens is 907 g/mol. The lowest BCUT2D eigenvalue weighted by Crippen LogP contribution is -2.60. The van der Waals surface area contributed by atoms with E-state index in [0.29, 0.717) is 12.0 Å². The van der Waals surface area contributed by atoms with E-state index in [1.54, 1.807) is 13.8 Å². The van der Waals surface area contributed by atoms with Gasteiger partial charge in [-0.25, -0.2) is 4.79 Å². The SMILES string of the molecule is CC(C)C[C@H](NC(=O)[C@H](CCC(N)=O)NC(=O)[C@H](C)NC(=O)[C@H](CO)NC(=O)[C@@H](N)CC(C)C)C(=O)N[C@@H](Cc1ccc(O)cc1)C(=O)N[C@@H](CCC(N)=O)C(=O)N[C@@H](CCCN=C(N)N)C(=O)O. The number of hydrogen-bond donors (Lipinski definition) is 15. The number of phenolic OH excluding ortho intramolecular Hbond substituents is 1. The fourth-order valence-electron chi connectivity index (χ4n) is 6.50. The molecule has 0 spiro atoms. The van der Waals surface area contributed by atoms with E-state index in [1.807, 2.05) is 13.8 Å². The van der Waals surface area contributed by atoms with Crippen LogP contribution in [0.25, 0.3) is 0 Å². The normalized spacial score (nSPS) is 14.5. The van der Waals surface area contributed by atoms with Crippen molar-refractivity contribution in [1.82, 2.24) is 37.2 Å². The maximum Gasteiger partial charge on any atom is 0.326 e. The molecule has 0 saturated heterocycles. The van der Waals surface area contributed by atoms with Crippen LogP contribution in [0.2, 0.25) is 0 Å². The third-order valence-electron chi connectivity index (χ3n) is 10.2. The highest BCUT2D eigenvalue weighted by molar-refractivity contribution is 5.98. The molecule has 0 aliphatic rings. The Hall–Kier alpha value is -7.09. The third kappa shape index (κ3) is 24.0. The van der Waals surface area contributed by atoms with Crippen molar-refractivity contribution in [2.45, 2.75) is 141 Å². The van der Waals surface area contributed by atoms with Crippen LogP contribution in [-0.2, 0) is 54.4 Å². The standard InChI is InChI=1S/C43H71N13O13/c1-21(2)17-26(44)36(62)56-32(20-57)41(67)50-23(5)35(61)51-27(12-14-33(45)59)38(64)54-30(18-22(3)4)39(65)55-31(19-24-8-10-25(58)11-9-24)40(66)52-28(13-15-34(46)60)37(63)53-29(42(68)69)7-6-16-49-43(47)48/h8-11,21-23,26-32,57-58H,6-7,12-20,44H2,1-5H3,(H2,45,59)(H2,46,60)(H,50,67)(H,51,61)(H,52,66)(H,53,63)(H,54,64)(H,55,65)(H,56,62)(H,68,69)(H4,47,48,49)/t23-,26-,27-,28-,29-,30-,31-,32-/m0/s1. The summed E-state index contributed by atoms with van der Waals surface area (Å²) in [5, 5.41) is 46.5. The Morgan fingerprint density at radius 2 is 0.986 bits per heavy atom. The molecule has 386 valence electrons. The van der Waals surface area contributed by atoms with E-state index in [9.17, 15) is 63.3 Å². The molecule has 1 aromatic carbocycles. The molecule has 0 aliphatic carbocycles. The average molecular weight is 978 g/mol. The smallest absolute Gasteiger partial charge is 0.326 e. The van der Waals surface area contributed by atoms with Crippen LogP contribution in [0.4, 0.5) is 0 Å². The van der Waals surface area contributed by atoms with Crippen LogP contribution in [0.1, 0.15) is 91.5 Å². The van der Waals surface area contributed by atoms with E-state index in [-0.39, 0.29) is 68.6 Å². The summed E-state index contributed by atoms with van der Waals surface area (Å²) in [6.45, 7) is 7.56. The van der Waals surface area contributed by atoms with Crippen molar-refractivity contribution in [2.75, 3.05) is 13.2 Å². The molecule has 0 aliphatic heterocycles. The van der Waals surface area contributed by atoms with Crippen molar-refractivity contribution >= 4 is 65.1 Å². The lowest BCUT2D eigenvalue weighted by Gasteiger charge is -2.28. The summed E-state index contributed by atoms with van der Waals surface area (Å²) in [4.78, 5) is 134. The summed E-state index contributed by atoms with van der Waals surface area (Å²) in [7, 11) is 0. The van der Waals surface area contributed by atoms with Crippen LogP contribution in [0, 0.1) is 11.8 Å². The van der Waals surface area contributed by atoms with E-state index in [4.69, 9.17) is 28.7 Å². The number of carboxylic acids is 1.